The molecule has 0 bridgehead atoms. The summed E-state index contributed by atoms with van der Waals surface area (Å²) in [5.74, 6) is 2.01. The Kier molecular flexibility index (Phi) is 6.50. The van der Waals surface area contributed by atoms with E-state index in [-0.39, 0.29) is 18.5 Å². The zero-order valence-corrected chi connectivity index (χ0v) is 17.9. The van der Waals surface area contributed by atoms with Crippen molar-refractivity contribution in [3.05, 3.63) is 60.0 Å². The van der Waals surface area contributed by atoms with Crippen molar-refractivity contribution in [2.75, 3.05) is 14.2 Å². The monoisotopic (exact) mass is 421 g/mol. The Labute approximate surface area is 182 Å². The minimum Gasteiger partial charge on any atom is -0.497 e. The molecule has 162 valence electrons. The lowest BCUT2D eigenvalue weighted by molar-refractivity contribution is 0.0585. The summed E-state index contributed by atoms with van der Waals surface area (Å²) in [6.45, 7) is 0.267. The molecule has 2 aromatic carbocycles. The van der Waals surface area contributed by atoms with Gasteiger partial charge in [0.25, 0.3) is 5.91 Å². The fourth-order valence-electron chi connectivity index (χ4n) is 4.03. The minimum absolute atomic E-state index is 0.0939. The molecule has 0 saturated heterocycles. The predicted molar refractivity (Wildman–Crippen MR) is 116 cm³/mol. The first-order valence-electron chi connectivity index (χ1n) is 10.6. The lowest BCUT2D eigenvalue weighted by atomic mass is 9.93. The number of benzene rings is 2. The number of carbonyl (C=O) groups is 1. The zero-order valence-electron chi connectivity index (χ0n) is 17.9. The summed E-state index contributed by atoms with van der Waals surface area (Å²) in [7, 11) is 3.15. The van der Waals surface area contributed by atoms with Crippen LogP contribution in [0.4, 0.5) is 0 Å². The molecule has 3 aromatic rings. The molecule has 1 amide bonds. The summed E-state index contributed by atoms with van der Waals surface area (Å²) in [4.78, 5) is 20.0. The van der Waals surface area contributed by atoms with Crippen LogP contribution in [-0.2, 0) is 6.54 Å². The zero-order chi connectivity index (χ0) is 21.6. The largest absolute Gasteiger partial charge is 0.497 e. The SMILES string of the molecule is COc1cc(OC)cc(C(=O)N(Cc2nc(-c3ccccc3)no2)C2CCCCC2)c1. The first-order valence-corrected chi connectivity index (χ1v) is 10.6. The Bertz CT molecular complexity index is 990. The summed E-state index contributed by atoms with van der Waals surface area (Å²) < 4.78 is 16.2. The Morgan fingerprint density at radius 3 is 2.35 bits per heavy atom. The number of amides is 1. The number of rotatable bonds is 7. The van der Waals surface area contributed by atoms with E-state index in [9.17, 15) is 4.79 Å². The number of aromatic nitrogens is 2. The van der Waals surface area contributed by atoms with Crippen molar-refractivity contribution in [3.63, 3.8) is 0 Å². The third kappa shape index (κ3) is 4.87. The number of ether oxygens (including phenoxy) is 2. The predicted octanol–water partition coefficient (Wildman–Crippen LogP) is 4.73. The normalized spacial score (nSPS) is 14.3. The molecule has 0 unspecified atom stereocenters. The van der Waals surface area contributed by atoms with Crippen LogP contribution < -0.4 is 9.47 Å². The van der Waals surface area contributed by atoms with Gasteiger partial charge in [-0.1, -0.05) is 54.8 Å². The van der Waals surface area contributed by atoms with E-state index in [4.69, 9.17) is 14.0 Å². The van der Waals surface area contributed by atoms with Crippen LogP contribution in [0, 0.1) is 0 Å². The third-order valence-electron chi connectivity index (χ3n) is 5.68. The Balaban J connectivity index is 1.62. The van der Waals surface area contributed by atoms with E-state index in [1.54, 1.807) is 32.4 Å². The fourth-order valence-corrected chi connectivity index (χ4v) is 4.03. The first kappa shape index (κ1) is 20.9. The molecule has 1 heterocycles. The summed E-state index contributed by atoms with van der Waals surface area (Å²) >= 11 is 0. The van der Waals surface area contributed by atoms with E-state index in [2.05, 4.69) is 10.1 Å². The topological polar surface area (TPSA) is 77.7 Å². The van der Waals surface area contributed by atoms with Gasteiger partial charge in [0, 0.05) is 23.2 Å². The van der Waals surface area contributed by atoms with Gasteiger partial charge < -0.3 is 18.9 Å². The lowest BCUT2D eigenvalue weighted by Gasteiger charge is -2.33. The van der Waals surface area contributed by atoms with Crippen LogP contribution in [0.5, 0.6) is 11.5 Å². The maximum Gasteiger partial charge on any atom is 0.254 e. The van der Waals surface area contributed by atoms with E-state index < -0.39 is 0 Å². The molecule has 1 aromatic heterocycles. The van der Waals surface area contributed by atoms with Crippen molar-refractivity contribution >= 4 is 5.91 Å². The van der Waals surface area contributed by atoms with Gasteiger partial charge in [0.2, 0.25) is 11.7 Å². The molecule has 4 rings (SSSR count). The van der Waals surface area contributed by atoms with Crippen LogP contribution in [-0.4, -0.2) is 41.2 Å². The molecule has 1 aliphatic carbocycles. The highest BCUT2D eigenvalue weighted by molar-refractivity contribution is 5.95. The molecule has 7 nitrogen and oxygen atoms in total. The number of carbonyl (C=O) groups excluding carboxylic acids is 1. The number of hydrogen-bond donors (Lipinski definition) is 0. The molecule has 0 N–H and O–H groups in total. The van der Waals surface area contributed by atoms with Gasteiger partial charge in [-0.25, -0.2) is 0 Å². The van der Waals surface area contributed by atoms with Gasteiger partial charge in [0.05, 0.1) is 14.2 Å². The molecule has 1 aliphatic rings. The summed E-state index contributed by atoms with van der Waals surface area (Å²) in [6, 6.07) is 15.0. The van der Waals surface area contributed by atoms with Crippen molar-refractivity contribution in [1.29, 1.82) is 0 Å². The third-order valence-corrected chi connectivity index (χ3v) is 5.68. The van der Waals surface area contributed by atoms with Crippen molar-refractivity contribution in [1.82, 2.24) is 15.0 Å². The quantitative estimate of drug-likeness (QED) is 0.549. The van der Waals surface area contributed by atoms with Gasteiger partial charge >= 0.3 is 0 Å². The van der Waals surface area contributed by atoms with Crippen LogP contribution in [0.2, 0.25) is 0 Å². The standard InChI is InChI=1S/C24H27N3O4/c1-29-20-13-18(14-21(15-20)30-2)24(28)27(19-11-7-4-8-12-19)16-22-25-23(26-31-22)17-9-5-3-6-10-17/h3,5-6,9-10,13-15,19H,4,7-8,11-12,16H2,1-2H3. The summed E-state index contributed by atoms with van der Waals surface area (Å²) in [5.41, 5.74) is 1.40. The number of nitrogens with zero attached hydrogens (tertiary/aromatic N) is 3. The van der Waals surface area contributed by atoms with Crippen LogP contribution in [0.3, 0.4) is 0 Å². The summed E-state index contributed by atoms with van der Waals surface area (Å²) in [5, 5.41) is 4.11. The van der Waals surface area contributed by atoms with Gasteiger partial charge in [-0.2, -0.15) is 4.98 Å². The molecule has 0 atom stereocenters. The molecule has 31 heavy (non-hydrogen) atoms. The van der Waals surface area contributed by atoms with Crippen LogP contribution in [0.25, 0.3) is 11.4 Å². The van der Waals surface area contributed by atoms with Crippen LogP contribution in [0.15, 0.2) is 53.1 Å². The second-order valence-electron chi connectivity index (χ2n) is 7.70. The van der Waals surface area contributed by atoms with E-state index in [1.165, 1.54) is 6.42 Å². The van der Waals surface area contributed by atoms with Gasteiger partial charge in [-0.05, 0) is 25.0 Å². The lowest BCUT2D eigenvalue weighted by Crippen LogP contribution is -2.41. The molecular weight excluding hydrogens is 394 g/mol. The minimum atomic E-state index is -0.0939. The van der Waals surface area contributed by atoms with Crippen molar-refractivity contribution < 1.29 is 18.8 Å². The van der Waals surface area contributed by atoms with E-state index in [1.807, 2.05) is 35.2 Å². The average Bonchev–Trinajstić information content (AvgIpc) is 3.31. The molecule has 0 radical (unpaired) electrons. The Hall–Kier alpha value is -3.35. The Morgan fingerprint density at radius 2 is 1.71 bits per heavy atom. The van der Waals surface area contributed by atoms with E-state index in [0.717, 1.165) is 31.2 Å². The van der Waals surface area contributed by atoms with Gasteiger partial charge in [-0.3, -0.25) is 4.79 Å². The maximum absolute atomic E-state index is 13.6. The van der Waals surface area contributed by atoms with Crippen molar-refractivity contribution in [3.8, 4) is 22.9 Å². The van der Waals surface area contributed by atoms with Crippen LogP contribution in [0.1, 0.15) is 48.4 Å². The Morgan fingerprint density at radius 1 is 1.03 bits per heavy atom. The van der Waals surface area contributed by atoms with Crippen molar-refractivity contribution in [2.45, 2.75) is 44.7 Å². The average molecular weight is 421 g/mol. The van der Waals surface area contributed by atoms with E-state index >= 15 is 0 Å². The van der Waals surface area contributed by atoms with Gasteiger partial charge in [-0.15, -0.1) is 0 Å². The van der Waals surface area contributed by atoms with E-state index in [0.29, 0.717) is 28.8 Å². The molecule has 7 heteroatoms. The smallest absolute Gasteiger partial charge is 0.254 e. The summed E-state index contributed by atoms with van der Waals surface area (Å²) in [6.07, 6.45) is 5.34. The van der Waals surface area contributed by atoms with Gasteiger partial charge in [0.15, 0.2) is 0 Å². The van der Waals surface area contributed by atoms with Crippen LogP contribution >= 0.6 is 0 Å². The molecule has 1 fully saturated rings. The molecular formula is C24H27N3O4. The van der Waals surface area contributed by atoms with Gasteiger partial charge in [0.1, 0.15) is 18.0 Å². The fraction of sp³-hybridized carbons (Fsp3) is 0.375. The number of methoxy groups -OCH3 is 2. The highest BCUT2D eigenvalue weighted by Gasteiger charge is 2.29. The molecule has 0 aliphatic heterocycles. The molecule has 1 saturated carbocycles. The maximum atomic E-state index is 13.6. The number of hydrogen-bond acceptors (Lipinski definition) is 6. The molecule has 0 spiro atoms. The first-order chi connectivity index (χ1) is 15.2. The second-order valence-corrected chi connectivity index (χ2v) is 7.70. The highest BCUT2D eigenvalue weighted by atomic mass is 16.5. The highest BCUT2D eigenvalue weighted by Crippen LogP contribution is 2.29. The van der Waals surface area contributed by atoms with Crippen molar-refractivity contribution in [2.24, 2.45) is 0 Å². The second kappa shape index (κ2) is 9.64.